The molecule has 0 aliphatic heterocycles. The maximum absolute atomic E-state index is 2.55. The number of rotatable bonds is 2. The molecule has 0 saturated carbocycles. The van der Waals surface area contributed by atoms with Gasteiger partial charge < -0.3 is 0 Å². The first-order chi connectivity index (χ1) is 28.2. The Hall–Kier alpha value is -6.76. The second-order valence-electron chi connectivity index (χ2n) is 17.9. The van der Waals surface area contributed by atoms with Crippen molar-refractivity contribution in [2.45, 2.75) is 41.5 Å². The van der Waals surface area contributed by atoms with Crippen LogP contribution in [-0.4, -0.2) is 0 Å². The van der Waals surface area contributed by atoms with Crippen LogP contribution in [0.25, 0.3) is 141 Å². The van der Waals surface area contributed by atoms with Gasteiger partial charge in [0.05, 0.1) is 0 Å². The zero-order valence-electron chi connectivity index (χ0n) is 33.5. The van der Waals surface area contributed by atoms with E-state index in [0.717, 1.165) is 0 Å². The molecule has 0 aliphatic carbocycles. The number of hydrogen-bond donors (Lipinski definition) is 0. The fraction of sp³-hybridized carbons (Fsp3) is 0.103. The van der Waals surface area contributed by atoms with Crippen molar-refractivity contribution in [2.75, 3.05) is 0 Å². The smallest absolute Gasteiger partial charge is 0.0000914 e. The Labute approximate surface area is 335 Å². The maximum Gasteiger partial charge on any atom is -0.0000914 e. The molecule has 0 fully saturated rings. The topological polar surface area (TPSA) is 0 Å². The molecule has 14 aromatic rings. The monoisotopic (exact) mass is 734 g/mol. The van der Waals surface area contributed by atoms with Gasteiger partial charge in [0.2, 0.25) is 0 Å². The van der Waals surface area contributed by atoms with E-state index in [1.165, 1.54) is 174 Å². The average Bonchev–Trinajstić information content (AvgIpc) is 3.20. The third-order valence-corrected chi connectivity index (χ3v) is 14.4. The summed E-state index contributed by atoms with van der Waals surface area (Å²) in [4.78, 5) is 0. The number of aryl methyl sites for hydroxylation is 6. The van der Waals surface area contributed by atoms with E-state index in [9.17, 15) is 0 Å². The Bertz CT molecular complexity index is 4070. The SMILES string of the molecule is Cc1cc(C)c(-c2ccc3c(c2)c2ccc4cc5ccc6c7ccccc7c7c(-c8c(C)cc(C)cc8C)cc8cc9ccc3c3c9c9c8c7c6c5c9c4c23)c(C)c1. The fourth-order valence-corrected chi connectivity index (χ4v) is 12.7. The summed E-state index contributed by atoms with van der Waals surface area (Å²) in [5.74, 6) is 0. The van der Waals surface area contributed by atoms with Gasteiger partial charge in [0.1, 0.15) is 0 Å². The lowest BCUT2D eigenvalue weighted by atomic mass is 9.74. The second kappa shape index (κ2) is 10.2. The normalized spacial score (nSPS) is 13.0. The minimum Gasteiger partial charge on any atom is -0.0616 e. The lowest BCUT2D eigenvalue weighted by molar-refractivity contribution is 1.32. The molecule has 0 atom stereocenters. The van der Waals surface area contributed by atoms with Gasteiger partial charge in [0, 0.05) is 0 Å². The van der Waals surface area contributed by atoms with Gasteiger partial charge in [-0.2, -0.15) is 0 Å². The molecule has 0 N–H and O–H groups in total. The highest BCUT2D eigenvalue weighted by Crippen LogP contribution is 2.58. The molecule has 0 unspecified atom stereocenters. The summed E-state index contributed by atoms with van der Waals surface area (Å²) < 4.78 is 0. The molecule has 270 valence electrons. The third kappa shape index (κ3) is 3.53. The minimum absolute atomic E-state index is 1.30. The predicted octanol–water partition coefficient (Wildman–Crippen LogP) is 16.7. The summed E-state index contributed by atoms with van der Waals surface area (Å²) in [6.45, 7) is 13.6. The standard InChI is InChI=1S/C58H38/c1-27-19-29(3)46(30(4)20-27)36-11-15-39-42-17-13-35-24-37-26-45(47-31(5)21-28(2)22-32(47)6)52-40-10-8-7-9-38(40)41-16-12-34-23-33-14-18-43(44(39)25-36)54-48(33)56-50(34)55(41)58(52)51(37)57(56)49(35)53(42)54/h7-26H,1-6H3. The molecular weight excluding hydrogens is 697 g/mol. The van der Waals surface area contributed by atoms with Crippen molar-refractivity contribution < 1.29 is 0 Å². The van der Waals surface area contributed by atoms with Crippen molar-refractivity contribution in [3.05, 3.63) is 155 Å². The van der Waals surface area contributed by atoms with Crippen molar-refractivity contribution in [3.8, 4) is 22.3 Å². The Morgan fingerprint density at radius 2 is 0.672 bits per heavy atom. The van der Waals surface area contributed by atoms with E-state index < -0.39 is 0 Å². The van der Waals surface area contributed by atoms with E-state index >= 15 is 0 Å². The lowest BCUT2D eigenvalue weighted by Gasteiger charge is -2.28. The van der Waals surface area contributed by atoms with Gasteiger partial charge in [-0.1, -0.05) is 108 Å². The molecule has 0 amide bonds. The van der Waals surface area contributed by atoms with E-state index in [2.05, 4.69) is 163 Å². The van der Waals surface area contributed by atoms with Gasteiger partial charge >= 0.3 is 0 Å². The molecule has 0 aliphatic rings. The highest BCUT2D eigenvalue weighted by molar-refractivity contribution is 6.56. The van der Waals surface area contributed by atoms with E-state index in [1.807, 2.05) is 0 Å². The van der Waals surface area contributed by atoms with Crippen LogP contribution in [0.1, 0.15) is 33.4 Å². The summed E-state index contributed by atoms with van der Waals surface area (Å²) in [6, 6.07) is 48.0. The molecule has 0 aromatic heterocycles. The molecular formula is C58H38. The molecule has 0 spiro atoms. The molecule has 0 saturated heterocycles. The highest BCUT2D eigenvalue weighted by atomic mass is 14.3. The summed E-state index contributed by atoms with van der Waals surface area (Å²) in [7, 11) is 0. The molecule has 0 nitrogen and oxygen atoms in total. The van der Waals surface area contributed by atoms with Crippen molar-refractivity contribution in [2.24, 2.45) is 0 Å². The quantitative estimate of drug-likeness (QED) is 0.123. The van der Waals surface area contributed by atoms with Gasteiger partial charge in [-0.15, -0.1) is 0 Å². The van der Waals surface area contributed by atoms with Crippen LogP contribution in [0.3, 0.4) is 0 Å². The molecule has 58 heavy (non-hydrogen) atoms. The van der Waals surface area contributed by atoms with E-state index in [1.54, 1.807) is 0 Å². The second-order valence-corrected chi connectivity index (χ2v) is 17.9. The van der Waals surface area contributed by atoms with Crippen LogP contribution < -0.4 is 0 Å². The number of fused-ring (bicyclic) bond motifs is 6. The van der Waals surface area contributed by atoms with E-state index in [0.29, 0.717) is 0 Å². The van der Waals surface area contributed by atoms with Crippen LogP contribution in [0.5, 0.6) is 0 Å². The molecule has 14 aromatic carbocycles. The first kappa shape index (κ1) is 31.3. The summed E-state index contributed by atoms with van der Waals surface area (Å²) in [5, 5.41) is 30.4. The van der Waals surface area contributed by atoms with Gasteiger partial charge in [0.25, 0.3) is 0 Å². The summed E-state index contributed by atoms with van der Waals surface area (Å²) >= 11 is 0. The van der Waals surface area contributed by atoms with Crippen LogP contribution in [0, 0.1) is 41.5 Å². The van der Waals surface area contributed by atoms with Gasteiger partial charge in [-0.05, 0) is 229 Å². The van der Waals surface area contributed by atoms with Gasteiger partial charge in [-0.3, -0.25) is 0 Å². The van der Waals surface area contributed by atoms with Crippen molar-refractivity contribution in [1.29, 1.82) is 0 Å². The van der Waals surface area contributed by atoms with Crippen LogP contribution in [0.2, 0.25) is 0 Å². The summed E-state index contributed by atoms with van der Waals surface area (Å²) in [5.41, 5.74) is 13.4. The Morgan fingerprint density at radius 3 is 1.26 bits per heavy atom. The fourth-order valence-electron chi connectivity index (χ4n) is 12.7. The Morgan fingerprint density at radius 1 is 0.259 bits per heavy atom. The molecule has 14 rings (SSSR count). The van der Waals surface area contributed by atoms with Crippen LogP contribution >= 0.6 is 0 Å². The number of hydrogen-bond acceptors (Lipinski definition) is 0. The number of benzene rings is 14. The minimum atomic E-state index is 1.30. The Balaban J connectivity index is 1.27. The molecule has 0 radical (unpaired) electrons. The lowest BCUT2D eigenvalue weighted by Crippen LogP contribution is -2.00. The van der Waals surface area contributed by atoms with Crippen LogP contribution in [0.4, 0.5) is 0 Å². The average molecular weight is 735 g/mol. The van der Waals surface area contributed by atoms with Crippen molar-refractivity contribution >= 4 is 118 Å². The van der Waals surface area contributed by atoms with Crippen molar-refractivity contribution in [3.63, 3.8) is 0 Å². The Kier molecular flexibility index (Phi) is 5.52. The third-order valence-electron chi connectivity index (χ3n) is 14.4. The largest absolute Gasteiger partial charge is 0.0616 e. The first-order valence-electron chi connectivity index (χ1n) is 20.8. The van der Waals surface area contributed by atoms with E-state index in [4.69, 9.17) is 0 Å². The zero-order chi connectivity index (χ0) is 38.6. The van der Waals surface area contributed by atoms with Crippen LogP contribution in [0.15, 0.2) is 121 Å². The van der Waals surface area contributed by atoms with Crippen molar-refractivity contribution in [1.82, 2.24) is 0 Å². The van der Waals surface area contributed by atoms with Gasteiger partial charge in [-0.25, -0.2) is 0 Å². The van der Waals surface area contributed by atoms with Gasteiger partial charge in [0.15, 0.2) is 0 Å². The molecule has 0 heterocycles. The molecule has 0 bridgehead atoms. The highest BCUT2D eigenvalue weighted by Gasteiger charge is 2.29. The predicted molar refractivity (Wildman–Crippen MR) is 254 cm³/mol. The van der Waals surface area contributed by atoms with Crippen LogP contribution in [-0.2, 0) is 0 Å². The zero-order valence-corrected chi connectivity index (χ0v) is 33.5. The van der Waals surface area contributed by atoms with E-state index in [-0.39, 0.29) is 0 Å². The first-order valence-corrected chi connectivity index (χ1v) is 20.8. The molecule has 0 heteroatoms. The maximum atomic E-state index is 2.55. The summed E-state index contributed by atoms with van der Waals surface area (Å²) in [6.07, 6.45) is 0.